The van der Waals surface area contributed by atoms with E-state index >= 15 is 0 Å². The second-order valence-corrected chi connectivity index (χ2v) is 7.60. The summed E-state index contributed by atoms with van der Waals surface area (Å²) in [5.41, 5.74) is 0.378. The normalized spacial score (nSPS) is 11.9. The molecule has 20 heavy (non-hydrogen) atoms. The third-order valence-electron chi connectivity index (χ3n) is 2.74. The van der Waals surface area contributed by atoms with Crippen LogP contribution in [0.25, 0.3) is 0 Å². The van der Waals surface area contributed by atoms with Gasteiger partial charge in [-0.15, -0.1) is 0 Å². The molecule has 0 saturated carbocycles. The average molecular weight is 320 g/mol. The zero-order chi connectivity index (χ0) is 15.6. The zero-order valence-electron chi connectivity index (χ0n) is 10.9. The number of aliphatic carboxylic acids is 1. The molecule has 1 amide bonds. The van der Waals surface area contributed by atoms with Gasteiger partial charge in [0.2, 0.25) is 5.91 Å². The third kappa shape index (κ3) is 3.71. The van der Waals surface area contributed by atoms with Gasteiger partial charge in [-0.1, -0.05) is 11.6 Å². The number of carboxylic acids is 1. The molecule has 0 heterocycles. The molecular formula is C12H14ClNO5S. The Morgan fingerprint density at radius 1 is 1.25 bits per heavy atom. The van der Waals surface area contributed by atoms with Crippen LogP contribution < -0.4 is 5.32 Å². The van der Waals surface area contributed by atoms with E-state index in [-0.39, 0.29) is 0 Å². The van der Waals surface area contributed by atoms with Crippen molar-refractivity contribution in [2.45, 2.75) is 18.6 Å². The lowest BCUT2D eigenvalue weighted by atomic mass is 10.2. The van der Waals surface area contributed by atoms with E-state index in [0.29, 0.717) is 10.7 Å². The van der Waals surface area contributed by atoms with E-state index in [9.17, 15) is 18.0 Å². The minimum atomic E-state index is -4.12. The fraction of sp³-hybridized carbons (Fsp3) is 0.333. The van der Waals surface area contributed by atoms with E-state index in [0.717, 1.165) is 13.8 Å². The lowest BCUT2D eigenvalue weighted by Gasteiger charge is -2.19. The van der Waals surface area contributed by atoms with Crippen LogP contribution >= 0.6 is 11.6 Å². The maximum Gasteiger partial charge on any atom is 0.324 e. The van der Waals surface area contributed by atoms with Crippen LogP contribution in [-0.2, 0) is 19.4 Å². The van der Waals surface area contributed by atoms with Gasteiger partial charge >= 0.3 is 5.97 Å². The van der Waals surface area contributed by atoms with Crippen LogP contribution in [-0.4, -0.2) is 35.9 Å². The van der Waals surface area contributed by atoms with Crippen molar-refractivity contribution in [3.63, 3.8) is 0 Å². The summed E-state index contributed by atoms with van der Waals surface area (Å²) in [6.07, 6.45) is 0. The van der Waals surface area contributed by atoms with Gasteiger partial charge in [0.1, 0.15) is 5.75 Å². The molecule has 0 aromatic heterocycles. The topological polar surface area (TPSA) is 101 Å². The summed E-state index contributed by atoms with van der Waals surface area (Å²) in [6.45, 7) is 2.08. The summed E-state index contributed by atoms with van der Waals surface area (Å²) in [5, 5.41) is 11.7. The van der Waals surface area contributed by atoms with Crippen molar-refractivity contribution in [3.05, 3.63) is 29.3 Å². The van der Waals surface area contributed by atoms with Gasteiger partial charge in [-0.05, 0) is 38.1 Å². The van der Waals surface area contributed by atoms with Gasteiger partial charge in [0, 0.05) is 10.7 Å². The van der Waals surface area contributed by atoms with Gasteiger partial charge in [0.05, 0.1) is 0 Å². The van der Waals surface area contributed by atoms with Crippen LogP contribution in [0, 0.1) is 0 Å². The van der Waals surface area contributed by atoms with Crippen LogP contribution in [0.5, 0.6) is 0 Å². The van der Waals surface area contributed by atoms with E-state index in [1.165, 1.54) is 24.3 Å². The van der Waals surface area contributed by atoms with Crippen molar-refractivity contribution in [2.75, 3.05) is 11.1 Å². The summed E-state index contributed by atoms with van der Waals surface area (Å²) in [6, 6.07) is 6.09. The SMILES string of the molecule is CC(C)(C(=O)O)S(=O)(=O)CC(=O)Nc1ccc(Cl)cc1. The van der Waals surface area contributed by atoms with Crippen molar-refractivity contribution in [3.8, 4) is 0 Å². The van der Waals surface area contributed by atoms with E-state index < -0.39 is 32.2 Å². The highest BCUT2D eigenvalue weighted by Gasteiger charge is 2.42. The third-order valence-corrected chi connectivity index (χ3v) is 5.37. The smallest absolute Gasteiger partial charge is 0.324 e. The molecule has 1 aromatic carbocycles. The maximum absolute atomic E-state index is 11.9. The molecule has 110 valence electrons. The molecule has 0 fully saturated rings. The number of sulfone groups is 1. The minimum Gasteiger partial charge on any atom is -0.480 e. The number of carbonyl (C=O) groups excluding carboxylic acids is 1. The molecule has 0 atom stereocenters. The molecule has 1 aromatic rings. The molecule has 0 saturated heterocycles. The Balaban J connectivity index is 2.81. The molecule has 1 rings (SSSR count). The number of hydrogen-bond donors (Lipinski definition) is 2. The first-order chi connectivity index (χ1) is 9.06. The standard InChI is InChI=1S/C12H14ClNO5S/c1-12(2,11(16)17)20(18,19)7-10(15)14-9-5-3-8(13)4-6-9/h3-6H,7H2,1-2H3,(H,14,15)(H,16,17). The van der Waals surface area contributed by atoms with Gasteiger partial charge < -0.3 is 10.4 Å². The Morgan fingerprint density at radius 2 is 1.75 bits per heavy atom. The Morgan fingerprint density at radius 3 is 2.20 bits per heavy atom. The van der Waals surface area contributed by atoms with Crippen LogP contribution in [0.1, 0.15) is 13.8 Å². The van der Waals surface area contributed by atoms with E-state index in [1.54, 1.807) is 0 Å². The number of carbonyl (C=O) groups is 2. The molecule has 0 aliphatic carbocycles. The van der Waals surface area contributed by atoms with E-state index in [1.807, 2.05) is 0 Å². The molecule has 0 radical (unpaired) electrons. The molecule has 0 unspecified atom stereocenters. The summed E-state index contributed by atoms with van der Waals surface area (Å²) in [5.74, 6) is -3.21. The summed E-state index contributed by atoms with van der Waals surface area (Å²) >= 11 is 5.68. The molecule has 0 aliphatic rings. The maximum atomic E-state index is 11.9. The second-order valence-electron chi connectivity index (χ2n) is 4.63. The highest BCUT2D eigenvalue weighted by atomic mass is 35.5. The van der Waals surface area contributed by atoms with E-state index in [2.05, 4.69) is 5.32 Å². The number of hydrogen-bond acceptors (Lipinski definition) is 4. The van der Waals surface area contributed by atoms with Crippen LogP contribution in [0.4, 0.5) is 5.69 Å². The first kappa shape index (κ1) is 16.5. The van der Waals surface area contributed by atoms with E-state index in [4.69, 9.17) is 16.7 Å². The monoisotopic (exact) mass is 319 g/mol. The minimum absolute atomic E-state index is 0.378. The predicted molar refractivity (Wildman–Crippen MR) is 75.6 cm³/mol. The quantitative estimate of drug-likeness (QED) is 0.857. The summed E-state index contributed by atoms with van der Waals surface area (Å²) in [4.78, 5) is 22.6. The lowest BCUT2D eigenvalue weighted by molar-refractivity contribution is -0.139. The largest absolute Gasteiger partial charge is 0.480 e. The number of carboxylic acid groups (broad SMARTS) is 1. The summed E-state index contributed by atoms with van der Waals surface area (Å²) in [7, 11) is -4.12. The van der Waals surface area contributed by atoms with Crippen molar-refractivity contribution in [2.24, 2.45) is 0 Å². The highest BCUT2D eigenvalue weighted by molar-refractivity contribution is 7.94. The Kier molecular flexibility index (Phi) is 4.77. The predicted octanol–water partition coefficient (Wildman–Crippen LogP) is 1.56. The molecule has 0 aliphatic heterocycles. The molecule has 6 nitrogen and oxygen atoms in total. The van der Waals surface area contributed by atoms with Crippen molar-refractivity contribution in [1.29, 1.82) is 0 Å². The van der Waals surface area contributed by atoms with Crippen LogP contribution in [0.3, 0.4) is 0 Å². The highest BCUT2D eigenvalue weighted by Crippen LogP contribution is 2.18. The van der Waals surface area contributed by atoms with Gasteiger partial charge in [0.25, 0.3) is 0 Å². The average Bonchev–Trinajstić information content (AvgIpc) is 2.31. The Bertz CT molecular complexity index is 622. The Hall–Kier alpha value is -1.60. The first-order valence-corrected chi connectivity index (χ1v) is 7.60. The van der Waals surface area contributed by atoms with Crippen molar-refractivity contribution in [1.82, 2.24) is 0 Å². The van der Waals surface area contributed by atoms with Gasteiger partial charge in [-0.3, -0.25) is 9.59 Å². The number of benzene rings is 1. The molecule has 0 spiro atoms. The second kappa shape index (κ2) is 5.80. The van der Waals surface area contributed by atoms with Gasteiger partial charge in [-0.25, -0.2) is 8.42 Å². The van der Waals surface area contributed by atoms with Crippen LogP contribution in [0.2, 0.25) is 5.02 Å². The van der Waals surface area contributed by atoms with Crippen molar-refractivity contribution >= 4 is 39.0 Å². The molecular weight excluding hydrogens is 306 g/mol. The molecule has 0 bridgehead atoms. The van der Waals surface area contributed by atoms with Crippen molar-refractivity contribution < 1.29 is 23.1 Å². The number of anilines is 1. The van der Waals surface area contributed by atoms with Crippen LogP contribution in [0.15, 0.2) is 24.3 Å². The molecule has 8 heteroatoms. The first-order valence-electron chi connectivity index (χ1n) is 5.57. The fourth-order valence-electron chi connectivity index (χ4n) is 1.22. The Labute approximate surface area is 121 Å². The number of amides is 1. The number of halogens is 1. The molecule has 2 N–H and O–H groups in total. The fourth-order valence-corrected chi connectivity index (χ4v) is 2.39. The van der Waals surface area contributed by atoms with Gasteiger partial charge in [-0.2, -0.15) is 0 Å². The number of rotatable bonds is 5. The van der Waals surface area contributed by atoms with Gasteiger partial charge in [0.15, 0.2) is 14.6 Å². The zero-order valence-corrected chi connectivity index (χ0v) is 12.5. The summed E-state index contributed by atoms with van der Waals surface area (Å²) < 4.78 is 21.7. The number of nitrogens with one attached hydrogen (secondary N) is 1. The lowest BCUT2D eigenvalue weighted by Crippen LogP contribution is -2.44.